The summed E-state index contributed by atoms with van der Waals surface area (Å²) in [5.41, 5.74) is 1.19. The molecule has 0 radical (unpaired) electrons. The van der Waals surface area contributed by atoms with Gasteiger partial charge in [-0.15, -0.1) is 0 Å². The van der Waals surface area contributed by atoms with Gasteiger partial charge in [-0.1, -0.05) is 0 Å². The topological polar surface area (TPSA) is 138 Å². The molecule has 33 heavy (non-hydrogen) atoms. The van der Waals surface area contributed by atoms with Crippen LogP contribution in [0.15, 0.2) is 24.5 Å². The fourth-order valence-corrected chi connectivity index (χ4v) is 3.43. The van der Waals surface area contributed by atoms with Crippen molar-refractivity contribution in [3.05, 3.63) is 51.7 Å². The van der Waals surface area contributed by atoms with Gasteiger partial charge in [-0.05, 0) is 6.92 Å². The predicted molar refractivity (Wildman–Crippen MR) is 115 cm³/mol. The Labute approximate surface area is 187 Å². The number of nitro benzene ring substituents is 1. The normalized spacial score (nSPS) is 13.6. The van der Waals surface area contributed by atoms with Crippen molar-refractivity contribution >= 4 is 29.3 Å². The van der Waals surface area contributed by atoms with Crippen molar-refractivity contribution in [2.45, 2.75) is 6.92 Å². The maximum atomic E-state index is 14.4. The number of hydrogen-bond acceptors (Lipinski definition) is 10. The average Bonchev–Trinajstić information content (AvgIpc) is 3.20. The summed E-state index contributed by atoms with van der Waals surface area (Å²) in [5.74, 6) is -0.683. The zero-order valence-electron chi connectivity index (χ0n) is 17.8. The Morgan fingerprint density at radius 2 is 2.09 bits per heavy atom. The van der Waals surface area contributed by atoms with E-state index in [1.165, 1.54) is 19.4 Å². The van der Waals surface area contributed by atoms with Gasteiger partial charge >= 0.3 is 0 Å². The number of nitrogens with zero attached hydrogens (tertiary/aromatic N) is 6. The van der Waals surface area contributed by atoms with Crippen LogP contribution in [0.5, 0.6) is 5.75 Å². The maximum Gasteiger partial charge on any atom is 0.294 e. The van der Waals surface area contributed by atoms with Gasteiger partial charge in [0.2, 0.25) is 5.95 Å². The molecule has 1 N–H and O–H groups in total. The molecule has 1 aliphatic heterocycles. The second-order valence-corrected chi connectivity index (χ2v) is 7.12. The third-order valence-electron chi connectivity index (χ3n) is 5.10. The minimum absolute atomic E-state index is 0.0427. The van der Waals surface area contributed by atoms with Gasteiger partial charge in [-0.3, -0.25) is 14.9 Å². The van der Waals surface area contributed by atoms with Crippen molar-refractivity contribution in [1.29, 1.82) is 0 Å². The van der Waals surface area contributed by atoms with E-state index in [1.54, 1.807) is 13.0 Å². The highest BCUT2D eigenvalue weighted by molar-refractivity contribution is 5.77. The van der Waals surface area contributed by atoms with Crippen molar-refractivity contribution < 1.29 is 23.6 Å². The number of aromatic nitrogens is 4. The molecule has 3 aromatic rings. The molecule has 12 nitrogen and oxygen atoms in total. The van der Waals surface area contributed by atoms with Crippen molar-refractivity contribution in [2.24, 2.45) is 0 Å². The lowest BCUT2D eigenvalue weighted by molar-refractivity contribution is -0.384. The number of hydrogen-bond donors (Lipinski definition) is 1. The van der Waals surface area contributed by atoms with Crippen LogP contribution in [0.2, 0.25) is 0 Å². The van der Waals surface area contributed by atoms with Crippen LogP contribution in [-0.4, -0.2) is 64.4 Å². The highest BCUT2D eigenvalue weighted by atomic mass is 19.1. The molecule has 1 aromatic carbocycles. The molecule has 0 atom stereocenters. The summed E-state index contributed by atoms with van der Waals surface area (Å²) in [6.07, 6.45) is 2.89. The third kappa shape index (κ3) is 4.43. The van der Waals surface area contributed by atoms with E-state index in [0.29, 0.717) is 55.3 Å². The molecule has 0 unspecified atom stereocenters. The zero-order valence-corrected chi connectivity index (χ0v) is 17.8. The number of carbonyl (C=O) groups is 1. The van der Waals surface area contributed by atoms with Crippen LogP contribution < -0.4 is 15.0 Å². The largest absolute Gasteiger partial charge is 0.494 e. The van der Waals surface area contributed by atoms with E-state index in [0.717, 1.165) is 10.9 Å². The summed E-state index contributed by atoms with van der Waals surface area (Å²) in [4.78, 5) is 32.3. The Bertz CT molecular complexity index is 1210. The fourth-order valence-electron chi connectivity index (χ4n) is 3.43. The first-order valence-corrected chi connectivity index (χ1v) is 9.91. The van der Waals surface area contributed by atoms with Crippen LogP contribution in [0.3, 0.4) is 0 Å². The molecule has 1 saturated heterocycles. The van der Waals surface area contributed by atoms with Crippen LogP contribution in [0.25, 0.3) is 5.82 Å². The predicted octanol–water partition coefficient (Wildman–Crippen LogP) is 2.42. The lowest BCUT2D eigenvalue weighted by Gasteiger charge is -2.29. The Balaban J connectivity index is 1.71. The van der Waals surface area contributed by atoms with Gasteiger partial charge in [0.05, 0.1) is 48.4 Å². The first-order chi connectivity index (χ1) is 15.9. The number of rotatable bonds is 7. The lowest BCUT2D eigenvalue weighted by Crippen LogP contribution is -2.36. The quantitative estimate of drug-likeness (QED) is 0.320. The van der Waals surface area contributed by atoms with E-state index in [2.05, 4.69) is 20.4 Å². The maximum absolute atomic E-state index is 14.4. The number of methoxy groups -OCH3 is 1. The second kappa shape index (κ2) is 9.16. The SMILES string of the molecule is COc1cc(N2CCOCC2)c([N+](=O)[O-])cc1Nc1ncc(F)c(-n2cc(C=O)c(C)n2)n1. The van der Waals surface area contributed by atoms with Crippen molar-refractivity contribution in [1.82, 2.24) is 19.7 Å². The first kappa shape index (κ1) is 22.1. The summed E-state index contributed by atoms with van der Waals surface area (Å²) in [7, 11) is 1.43. The molecule has 4 rings (SSSR count). The minimum Gasteiger partial charge on any atom is -0.494 e. The van der Waals surface area contributed by atoms with Gasteiger partial charge in [-0.25, -0.2) is 14.1 Å². The number of nitrogens with one attached hydrogen (secondary N) is 1. The van der Waals surface area contributed by atoms with Crippen LogP contribution in [0.1, 0.15) is 16.1 Å². The Morgan fingerprint density at radius 3 is 2.73 bits per heavy atom. The monoisotopic (exact) mass is 457 g/mol. The molecule has 2 aromatic heterocycles. The molecule has 1 fully saturated rings. The van der Waals surface area contributed by atoms with E-state index in [1.807, 2.05) is 4.90 Å². The summed E-state index contributed by atoms with van der Waals surface area (Å²) in [6, 6.07) is 2.88. The summed E-state index contributed by atoms with van der Waals surface area (Å²) < 4.78 is 26.3. The van der Waals surface area contributed by atoms with Gasteiger partial charge in [0.15, 0.2) is 17.9 Å². The number of halogens is 1. The number of aryl methyl sites for hydroxylation is 1. The van der Waals surface area contributed by atoms with E-state index in [9.17, 15) is 19.3 Å². The van der Waals surface area contributed by atoms with Crippen LogP contribution in [-0.2, 0) is 4.74 Å². The number of anilines is 3. The van der Waals surface area contributed by atoms with Crippen molar-refractivity contribution in [3.8, 4) is 11.6 Å². The van der Waals surface area contributed by atoms with Crippen LogP contribution in [0, 0.1) is 22.9 Å². The molecule has 0 saturated carbocycles. The zero-order chi connectivity index (χ0) is 23.5. The summed E-state index contributed by atoms with van der Waals surface area (Å²) >= 11 is 0. The molecular formula is C20H20FN7O5. The van der Waals surface area contributed by atoms with E-state index in [4.69, 9.17) is 9.47 Å². The average molecular weight is 457 g/mol. The fraction of sp³-hybridized carbons (Fsp3) is 0.300. The lowest BCUT2D eigenvalue weighted by atomic mass is 10.2. The number of morpholine rings is 1. The third-order valence-corrected chi connectivity index (χ3v) is 5.10. The molecule has 13 heteroatoms. The van der Waals surface area contributed by atoms with Gasteiger partial charge in [0.1, 0.15) is 11.4 Å². The number of aldehydes is 1. The second-order valence-electron chi connectivity index (χ2n) is 7.12. The highest BCUT2D eigenvalue weighted by Crippen LogP contribution is 2.39. The van der Waals surface area contributed by atoms with Gasteiger partial charge in [-0.2, -0.15) is 10.1 Å². The molecule has 172 valence electrons. The molecule has 0 aliphatic carbocycles. The Morgan fingerprint density at radius 1 is 1.33 bits per heavy atom. The molecule has 1 aliphatic rings. The Kier molecular flexibility index (Phi) is 6.13. The van der Waals surface area contributed by atoms with E-state index < -0.39 is 10.7 Å². The van der Waals surface area contributed by atoms with Crippen LogP contribution >= 0.6 is 0 Å². The molecule has 0 spiro atoms. The number of nitro groups is 1. The smallest absolute Gasteiger partial charge is 0.294 e. The first-order valence-electron chi connectivity index (χ1n) is 9.91. The van der Waals surface area contributed by atoms with E-state index in [-0.39, 0.29) is 23.1 Å². The Hall–Kier alpha value is -4.13. The summed E-state index contributed by atoms with van der Waals surface area (Å²) in [6.45, 7) is 3.55. The standard InChI is InChI=1S/C20H20FN7O5/c1-12-13(11-29)10-27(25-12)19-14(21)9-22-20(24-19)23-15-7-17(28(30)31)16(8-18(15)32-2)26-3-5-33-6-4-26/h7-11H,3-6H2,1-2H3,(H,22,23,24). The van der Waals surface area contributed by atoms with E-state index >= 15 is 0 Å². The van der Waals surface area contributed by atoms with Crippen molar-refractivity contribution in [3.63, 3.8) is 0 Å². The van der Waals surface area contributed by atoms with Gasteiger partial charge in [0, 0.05) is 31.4 Å². The molecule has 0 amide bonds. The number of carbonyl (C=O) groups excluding carboxylic acids is 1. The van der Waals surface area contributed by atoms with Crippen LogP contribution in [0.4, 0.5) is 27.4 Å². The number of ether oxygens (including phenoxy) is 2. The van der Waals surface area contributed by atoms with Crippen molar-refractivity contribution in [2.75, 3.05) is 43.6 Å². The molecular weight excluding hydrogens is 437 g/mol. The van der Waals surface area contributed by atoms with Gasteiger partial charge in [0.25, 0.3) is 5.69 Å². The number of benzene rings is 1. The molecule has 3 heterocycles. The highest BCUT2D eigenvalue weighted by Gasteiger charge is 2.25. The minimum atomic E-state index is -0.763. The summed E-state index contributed by atoms with van der Waals surface area (Å²) in [5, 5.41) is 18.7. The van der Waals surface area contributed by atoms with Gasteiger partial charge < -0.3 is 19.7 Å². The molecule has 0 bridgehead atoms.